The van der Waals surface area contributed by atoms with Crippen molar-refractivity contribution in [3.8, 4) is 0 Å². The Balaban J connectivity index is 1.94. The van der Waals surface area contributed by atoms with E-state index in [0.717, 1.165) is 12.1 Å². The van der Waals surface area contributed by atoms with Gasteiger partial charge in [0.1, 0.15) is 10.7 Å². The molecule has 2 rings (SSSR count). The van der Waals surface area contributed by atoms with Crippen molar-refractivity contribution >= 4 is 15.8 Å². The van der Waals surface area contributed by atoms with Crippen LogP contribution in [-0.4, -0.2) is 36.3 Å². The van der Waals surface area contributed by atoms with E-state index in [1.165, 1.54) is 12.3 Å². The van der Waals surface area contributed by atoms with Crippen molar-refractivity contribution in [2.75, 3.05) is 18.4 Å². The molecule has 0 spiro atoms. The number of anilines is 1. The van der Waals surface area contributed by atoms with Crippen LogP contribution in [0, 0.1) is 6.92 Å². The quantitative estimate of drug-likeness (QED) is 0.796. The van der Waals surface area contributed by atoms with Gasteiger partial charge in [-0.3, -0.25) is 4.68 Å². The van der Waals surface area contributed by atoms with Gasteiger partial charge in [0.15, 0.2) is 0 Å². The van der Waals surface area contributed by atoms with Gasteiger partial charge >= 0.3 is 0 Å². The molecule has 8 heteroatoms. The lowest BCUT2D eigenvalue weighted by molar-refractivity contribution is 0.560. The Morgan fingerprint density at radius 2 is 2.10 bits per heavy atom. The molecule has 0 atom stereocenters. The number of aryl methyl sites for hydroxylation is 1. The van der Waals surface area contributed by atoms with Gasteiger partial charge < -0.3 is 5.32 Å². The molecule has 0 amide bonds. The highest BCUT2D eigenvalue weighted by molar-refractivity contribution is 7.89. The molecule has 21 heavy (non-hydrogen) atoms. The van der Waals surface area contributed by atoms with Gasteiger partial charge in [0.2, 0.25) is 10.0 Å². The molecular formula is C13H19N5O2S. The topological polar surface area (TPSA) is 88.9 Å². The molecule has 0 unspecified atom stereocenters. The van der Waals surface area contributed by atoms with E-state index in [1.807, 2.05) is 20.0 Å². The van der Waals surface area contributed by atoms with Gasteiger partial charge in [-0.15, -0.1) is 0 Å². The van der Waals surface area contributed by atoms with Gasteiger partial charge in [-0.2, -0.15) is 5.10 Å². The van der Waals surface area contributed by atoms with Crippen molar-refractivity contribution in [2.45, 2.75) is 25.3 Å². The van der Waals surface area contributed by atoms with Gasteiger partial charge in [0, 0.05) is 25.5 Å². The van der Waals surface area contributed by atoms with Crippen molar-refractivity contribution in [1.82, 2.24) is 19.5 Å². The standard InChI is InChI=1S/C13H19N5O2S/c1-3-14-13-5-4-12(9-15-13)21(19,20)17-6-7-18-10-11(2)8-16-18/h4-5,8-10,17H,3,6-7H2,1-2H3,(H,14,15). The number of sulfonamides is 1. The van der Waals surface area contributed by atoms with Crippen LogP contribution in [0.2, 0.25) is 0 Å². The Morgan fingerprint density at radius 1 is 1.29 bits per heavy atom. The lowest BCUT2D eigenvalue weighted by atomic mass is 10.4. The number of rotatable bonds is 7. The second-order valence-corrected chi connectivity index (χ2v) is 6.35. The van der Waals surface area contributed by atoms with E-state index in [-0.39, 0.29) is 11.4 Å². The fraction of sp³-hybridized carbons (Fsp3) is 0.385. The molecular weight excluding hydrogens is 290 g/mol. The maximum atomic E-state index is 12.1. The van der Waals surface area contributed by atoms with E-state index in [1.54, 1.807) is 16.9 Å². The number of aromatic nitrogens is 3. The molecule has 0 aromatic carbocycles. The van der Waals surface area contributed by atoms with E-state index in [2.05, 4.69) is 20.1 Å². The van der Waals surface area contributed by atoms with Crippen LogP contribution < -0.4 is 10.0 Å². The molecule has 0 saturated carbocycles. The Labute approximate surface area is 124 Å². The summed E-state index contributed by atoms with van der Waals surface area (Å²) in [5.74, 6) is 0.656. The van der Waals surface area contributed by atoms with Gasteiger partial charge in [-0.05, 0) is 31.5 Å². The molecule has 7 nitrogen and oxygen atoms in total. The Kier molecular flexibility index (Phi) is 4.92. The normalized spacial score (nSPS) is 11.5. The zero-order valence-electron chi connectivity index (χ0n) is 12.1. The SMILES string of the molecule is CCNc1ccc(S(=O)(=O)NCCn2cc(C)cn2)cn1. The van der Waals surface area contributed by atoms with Crippen LogP contribution in [0.5, 0.6) is 0 Å². The van der Waals surface area contributed by atoms with E-state index >= 15 is 0 Å². The first-order valence-electron chi connectivity index (χ1n) is 6.70. The Bertz CT molecular complexity index is 679. The summed E-state index contributed by atoms with van der Waals surface area (Å²) >= 11 is 0. The predicted molar refractivity (Wildman–Crippen MR) is 80.6 cm³/mol. The van der Waals surface area contributed by atoms with Gasteiger partial charge in [-0.25, -0.2) is 18.1 Å². The number of nitrogens with one attached hydrogen (secondary N) is 2. The average molecular weight is 309 g/mol. The van der Waals surface area contributed by atoms with E-state index in [4.69, 9.17) is 0 Å². The molecule has 0 radical (unpaired) electrons. The summed E-state index contributed by atoms with van der Waals surface area (Å²) in [6.45, 7) is 5.38. The highest BCUT2D eigenvalue weighted by atomic mass is 32.2. The van der Waals surface area contributed by atoms with Crippen LogP contribution >= 0.6 is 0 Å². The summed E-state index contributed by atoms with van der Waals surface area (Å²) in [4.78, 5) is 4.21. The summed E-state index contributed by atoms with van der Waals surface area (Å²) in [5, 5.41) is 7.12. The number of pyridine rings is 1. The van der Waals surface area contributed by atoms with Crippen LogP contribution in [0.15, 0.2) is 35.6 Å². The summed E-state index contributed by atoms with van der Waals surface area (Å²) in [7, 11) is -3.54. The molecule has 0 fully saturated rings. The van der Waals surface area contributed by atoms with Crippen LogP contribution in [0.4, 0.5) is 5.82 Å². The summed E-state index contributed by atoms with van der Waals surface area (Å²) in [5.41, 5.74) is 1.04. The predicted octanol–water partition coefficient (Wildman–Crippen LogP) is 0.997. The highest BCUT2D eigenvalue weighted by Crippen LogP contribution is 2.10. The molecule has 0 aliphatic rings. The van der Waals surface area contributed by atoms with E-state index < -0.39 is 10.0 Å². The number of hydrogen-bond acceptors (Lipinski definition) is 5. The summed E-state index contributed by atoms with van der Waals surface area (Å²) in [6, 6.07) is 3.18. The van der Waals surface area contributed by atoms with E-state index in [9.17, 15) is 8.42 Å². The summed E-state index contributed by atoms with van der Waals surface area (Å²) in [6.07, 6.45) is 4.94. The maximum Gasteiger partial charge on any atom is 0.242 e. The zero-order valence-corrected chi connectivity index (χ0v) is 12.9. The molecule has 0 bridgehead atoms. The van der Waals surface area contributed by atoms with E-state index in [0.29, 0.717) is 12.4 Å². The van der Waals surface area contributed by atoms with Crippen molar-refractivity contribution in [3.63, 3.8) is 0 Å². The molecule has 2 heterocycles. The highest BCUT2D eigenvalue weighted by Gasteiger charge is 2.13. The minimum atomic E-state index is -3.54. The molecule has 114 valence electrons. The lowest BCUT2D eigenvalue weighted by Crippen LogP contribution is -2.27. The first-order chi connectivity index (χ1) is 10.0. The minimum Gasteiger partial charge on any atom is -0.370 e. The van der Waals surface area contributed by atoms with Crippen molar-refractivity contribution in [2.24, 2.45) is 0 Å². The fourth-order valence-corrected chi connectivity index (χ4v) is 2.76. The van der Waals surface area contributed by atoms with Crippen molar-refractivity contribution in [1.29, 1.82) is 0 Å². The van der Waals surface area contributed by atoms with Crippen molar-refractivity contribution < 1.29 is 8.42 Å². The monoisotopic (exact) mass is 309 g/mol. The second-order valence-electron chi connectivity index (χ2n) is 4.59. The minimum absolute atomic E-state index is 0.154. The van der Waals surface area contributed by atoms with Crippen LogP contribution in [-0.2, 0) is 16.6 Å². The Hall–Kier alpha value is -1.93. The molecule has 2 aromatic rings. The van der Waals surface area contributed by atoms with Crippen LogP contribution in [0.1, 0.15) is 12.5 Å². The smallest absolute Gasteiger partial charge is 0.242 e. The first-order valence-corrected chi connectivity index (χ1v) is 8.18. The molecule has 0 aliphatic heterocycles. The van der Waals surface area contributed by atoms with Crippen LogP contribution in [0.3, 0.4) is 0 Å². The molecule has 0 saturated heterocycles. The largest absolute Gasteiger partial charge is 0.370 e. The third-order valence-electron chi connectivity index (χ3n) is 2.80. The number of nitrogens with zero attached hydrogens (tertiary/aromatic N) is 3. The zero-order chi connectivity index (χ0) is 15.3. The third kappa shape index (κ3) is 4.27. The maximum absolute atomic E-state index is 12.1. The molecule has 2 aromatic heterocycles. The molecule has 0 aliphatic carbocycles. The number of hydrogen-bond donors (Lipinski definition) is 2. The second kappa shape index (κ2) is 6.68. The van der Waals surface area contributed by atoms with Gasteiger partial charge in [-0.1, -0.05) is 0 Å². The van der Waals surface area contributed by atoms with Gasteiger partial charge in [0.25, 0.3) is 0 Å². The van der Waals surface area contributed by atoms with Gasteiger partial charge in [0.05, 0.1) is 12.7 Å². The third-order valence-corrected chi connectivity index (χ3v) is 4.25. The van der Waals surface area contributed by atoms with Crippen molar-refractivity contribution in [3.05, 3.63) is 36.3 Å². The van der Waals surface area contributed by atoms with Crippen LogP contribution in [0.25, 0.3) is 0 Å². The molecule has 2 N–H and O–H groups in total. The Morgan fingerprint density at radius 3 is 2.67 bits per heavy atom. The average Bonchev–Trinajstić information content (AvgIpc) is 2.85. The fourth-order valence-electron chi connectivity index (χ4n) is 1.79. The summed E-state index contributed by atoms with van der Waals surface area (Å²) < 4.78 is 28.4. The first kappa shape index (κ1) is 15.5. The lowest BCUT2D eigenvalue weighted by Gasteiger charge is -2.07.